The van der Waals surface area contributed by atoms with Crippen LogP contribution in [-0.4, -0.2) is 70.1 Å². The lowest BCUT2D eigenvalue weighted by molar-refractivity contribution is -0.131. The van der Waals surface area contributed by atoms with Gasteiger partial charge < -0.3 is 14.5 Å². The number of amides is 2. The van der Waals surface area contributed by atoms with E-state index in [0.717, 1.165) is 12.0 Å². The number of aromatic nitrogens is 3. The number of H-pyrrole nitrogens is 1. The van der Waals surface area contributed by atoms with E-state index in [9.17, 15) is 9.59 Å². The number of hydrogen-bond acceptors (Lipinski definition) is 5. The van der Waals surface area contributed by atoms with Crippen LogP contribution in [-0.2, 0) is 11.2 Å². The lowest BCUT2D eigenvalue weighted by Crippen LogP contribution is -2.37. The van der Waals surface area contributed by atoms with Crippen LogP contribution in [0.4, 0.5) is 0 Å². The summed E-state index contributed by atoms with van der Waals surface area (Å²) in [5.41, 5.74) is 1.56. The first-order chi connectivity index (χ1) is 12.7. The Balaban J connectivity index is 1.53. The zero-order chi connectivity index (χ0) is 18.4. The molecule has 0 saturated carbocycles. The van der Waals surface area contributed by atoms with E-state index in [1.807, 2.05) is 4.90 Å². The second-order valence-corrected chi connectivity index (χ2v) is 6.22. The smallest absolute Gasteiger partial charge is 0.255 e. The first kappa shape index (κ1) is 17.9. The molecule has 2 amide bonds. The number of carbonyl (C=O) groups is 2. The van der Waals surface area contributed by atoms with Gasteiger partial charge in [0.05, 0.1) is 18.9 Å². The minimum absolute atomic E-state index is 0.0622. The molecule has 0 aromatic carbocycles. The number of nitrogens with zero attached hydrogens (tertiary/aromatic N) is 4. The van der Waals surface area contributed by atoms with E-state index < -0.39 is 0 Å². The summed E-state index contributed by atoms with van der Waals surface area (Å²) in [4.78, 5) is 32.8. The first-order valence-electron chi connectivity index (χ1n) is 8.72. The van der Waals surface area contributed by atoms with Crippen molar-refractivity contribution in [1.82, 2.24) is 25.0 Å². The van der Waals surface area contributed by atoms with Gasteiger partial charge in [-0.25, -0.2) is 4.98 Å². The Hall–Kier alpha value is -2.90. The third-order valence-corrected chi connectivity index (χ3v) is 4.51. The molecule has 26 heavy (non-hydrogen) atoms. The van der Waals surface area contributed by atoms with Crippen LogP contribution in [0.1, 0.15) is 28.8 Å². The molecule has 0 unspecified atom stereocenters. The second-order valence-electron chi connectivity index (χ2n) is 6.22. The molecular formula is C18H23N5O3. The normalized spacial score (nSPS) is 14.8. The summed E-state index contributed by atoms with van der Waals surface area (Å²) in [5, 5.41) is 6.64. The van der Waals surface area contributed by atoms with Crippen LogP contribution in [0.2, 0.25) is 0 Å². The lowest BCUT2D eigenvalue weighted by Gasteiger charge is -2.22. The van der Waals surface area contributed by atoms with Gasteiger partial charge in [-0.2, -0.15) is 5.10 Å². The molecule has 1 fully saturated rings. The molecule has 8 nitrogen and oxygen atoms in total. The molecule has 0 spiro atoms. The zero-order valence-electron chi connectivity index (χ0n) is 14.9. The number of hydrogen-bond donors (Lipinski definition) is 1. The monoisotopic (exact) mass is 357 g/mol. The predicted molar refractivity (Wildman–Crippen MR) is 94.8 cm³/mol. The molecule has 8 heteroatoms. The van der Waals surface area contributed by atoms with E-state index in [2.05, 4.69) is 15.2 Å². The molecule has 0 bridgehead atoms. The fraction of sp³-hybridized carbons (Fsp3) is 0.444. The topological polar surface area (TPSA) is 91.4 Å². The maximum Gasteiger partial charge on any atom is 0.255 e. The Kier molecular flexibility index (Phi) is 5.83. The molecule has 1 aliphatic rings. The summed E-state index contributed by atoms with van der Waals surface area (Å²) < 4.78 is 5.02. The van der Waals surface area contributed by atoms with Crippen LogP contribution in [0, 0.1) is 0 Å². The van der Waals surface area contributed by atoms with Gasteiger partial charge in [-0.1, -0.05) is 0 Å². The van der Waals surface area contributed by atoms with Crippen molar-refractivity contribution in [2.45, 2.75) is 19.3 Å². The Morgan fingerprint density at radius 3 is 2.65 bits per heavy atom. The molecule has 2 aromatic heterocycles. The van der Waals surface area contributed by atoms with Crippen LogP contribution in [0.25, 0.3) is 0 Å². The fourth-order valence-electron chi connectivity index (χ4n) is 3.00. The summed E-state index contributed by atoms with van der Waals surface area (Å²) in [7, 11) is 1.54. The summed E-state index contributed by atoms with van der Waals surface area (Å²) >= 11 is 0. The average Bonchev–Trinajstić information content (AvgIpc) is 3.08. The van der Waals surface area contributed by atoms with E-state index in [0.29, 0.717) is 50.5 Å². The highest BCUT2D eigenvalue weighted by Crippen LogP contribution is 2.13. The van der Waals surface area contributed by atoms with Crippen LogP contribution in [0.3, 0.4) is 0 Å². The van der Waals surface area contributed by atoms with Gasteiger partial charge in [0.2, 0.25) is 11.8 Å². The van der Waals surface area contributed by atoms with Crippen molar-refractivity contribution in [2.75, 3.05) is 33.3 Å². The highest BCUT2D eigenvalue weighted by atomic mass is 16.5. The second kappa shape index (κ2) is 8.46. The Morgan fingerprint density at radius 2 is 1.96 bits per heavy atom. The molecule has 1 N–H and O–H groups in total. The number of aryl methyl sites for hydroxylation is 1. The summed E-state index contributed by atoms with van der Waals surface area (Å²) in [6.07, 6.45) is 6.96. The molecule has 1 saturated heterocycles. The van der Waals surface area contributed by atoms with Crippen LogP contribution >= 0.6 is 0 Å². The highest BCUT2D eigenvalue weighted by Gasteiger charge is 2.23. The number of ether oxygens (including phenoxy) is 1. The van der Waals surface area contributed by atoms with E-state index in [-0.39, 0.29) is 11.8 Å². The van der Waals surface area contributed by atoms with Crippen LogP contribution in [0.15, 0.2) is 30.7 Å². The van der Waals surface area contributed by atoms with Crippen molar-refractivity contribution in [3.63, 3.8) is 0 Å². The minimum atomic E-state index is -0.0622. The fourth-order valence-corrected chi connectivity index (χ4v) is 3.00. The number of methoxy groups -OCH3 is 1. The number of pyridine rings is 1. The van der Waals surface area contributed by atoms with Crippen molar-refractivity contribution in [1.29, 1.82) is 0 Å². The third-order valence-electron chi connectivity index (χ3n) is 4.51. The number of nitrogens with one attached hydrogen (secondary N) is 1. The summed E-state index contributed by atoms with van der Waals surface area (Å²) in [6.45, 7) is 2.40. The molecule has 3 heterocycles. The molecule has 2 aromatic rings. The SMILES string of the molecule is COc1ccc(C(=O)N2CCCN(C(=O)CCc3cn[nH]c3)CC2)cn1. The van der Waals surface area contributed by atoms with Crippen molar-refractivity contribution < 1.29 is 14.3 Å². The van der Waals surface area contributed by atoms with Gasteiger partial charge in [0, 0.05) is 51.1 Å². The summed E-state index contributed by atoms with van der Waals surface area (Å²) in [5.74, 6) is 0.534. The van der Waals surface area contributed by atoms with Gasteiger partial charge in [-0.3, -0.25) is 14.7 Å². The lowest BCUT2D eigenvalue weighted by atomic mass is 10.2. The highest BCUT2D eigenvalue weighted by molar-refractivity contribution is 5.94. The molecule has 0 radical (unpaired) electrons. The molecular weight excluding hydrogens is 334 g/mol. The van der Waals surface area contributed by atoms with Gasteiger partial charge in [0.25, 0.3) is 5.91 Å². The third kappa shape index (κ3) is 4.38. The molecule has 138 valence electrons. The molecule has 3 rings (SSSR count). The number of carbonyl (C=O) groups excluding carboxylic acids is 2. The summed E-state index contributed by atoms with van der Waals surface area (Å²) in [6, 6.07) is 3.39. The largest absolute Gasteiger partial charge is 0.481 e. The average molecular weight is 357 g/mol. The van der Waals surface area contributed by atoms with Gasteiger partial charge in [-0.05, 0) is 24.5 Å². The Bertz CT molecular complexity index is 730. The standard InChI is InChI=1S/C18H23N5O3/c1-26-16-5-4-15(13-19-16)18(25)23-8-2-7-22(9-10-23)17(24)6-3-14-11-20-21-12-14/h4-5,11-13H,2-3,6-10H2,1H3,(H,20,21). The molecule has 1 aliphatic heterocycles. The zero-order valence-corrected chi connectivity index (χ0v) is 14.9. The maximum atomic E-state index is 12.6. The Morgan fingerprint density at radius 1 is 1.15 bits per heavy atom. The van der Waals surface area contributed by atoms with Gasteiger partial charge in [-0.15, -0.1) is 0 Å². The maximum absolute atomic E-state index is 12.6. The van der Waals surface area contributed by atoms with Crippen molar-refractivity contribution in [3.8, 4) is 5.88 Å². The van der Waals surface area contributed by atoms with Gasteiger partial charge in [0.1, 0.15) is 0 Å². The van der Waals surface area contributed by atoms with Gasteiger partial charge >= 0.3 is 0 Å². The van der Waals surface area contributed by atoms with Gasteiger partial charge in [0.15, 0.2) is 0 Å². The van der Waals surface area contributed by atoms with Crippen molar-refractivity contribution in [3.05, 3.63) is 41.9 Å². The van der Waals surface area contributed by atoms with E-state index in [1.54, 1.807) is 29.4 Å². The van der Waals surface area contributed by atoms with Crippen molar-refractivity contribution >= 4 is 11.8 Å². The Labute approximate surface area is 152 Å². The van der Waals surface area contributed by atoms with E-state index >= 15 is 0 Å². The molecule has 0 aliphatic carbocycles. The van der Waals surface area contributed by atoms with E-state index in [4.69, 9.17) is 4.74 Å². The quantitative estimate of drug-likeness (QED) is 0.866. The predicted octanol–water partition coefficient (Wildman–Crippen LogP) is 1.12. The molecule has 0 atom stereocenters. The van der Waals surface area contributed by atoms with Crippen LogP contribution < -0.4 is 4.74 Å². The van der Waals surface area contributed by atoms with Crippen LogP contribution in [0.5, 0.6) is 5.88 Å². The van der Waals surface area contributed by atoms with Crippen molar-refractivity contribution in [2.24, 2.45) is 0 Å². The number of aromatic amines is 1. The van der Waals surface area contributed by atoms with E-state index in [1.165, 1.54) is 13.3 Å². The number of rotatable bonds is 5. The first-order valence-corrected chi connectivity index (χ1v) is 8.72. The minimum Gasteiger partial charge on any atom is -0.481 e.